The van der Waals surface area contributed by atoms with Gasteiger partial charge in [0.2, 0.25) is 5.43 Å². The van der Waals surface area contributed by atoms with Crippen molar-refractivity contribution in [3.8, 4) is 5.75 Å². The van der Waals surface area contributed by atoms with Crippen molar-refractivity contribution in [2.24, 2.45) is 7.05 Å². The Kier molecular flexibility index (Phi) is 7.87. The number of hydrogen-bond acceptors (Lipinski definition) is 6. The quantitative estimate of drug-likeness (QED) is 0.346. The fourth-order valence-corrected chi connectivity index (χ4v) is 4.79. The average molecular weight is 513 g/mol. The van der Waals surface area contributed by atoms with Crippen LogP contribution in [0.5, 0.6) is 5.75 Å². The maximum atomic E-state index is 13.0. The second-order valence-electron chi connectivity index (χ2n) is 8.03. The lowest BCUT2D eigenvalue weighted by atomic mass is 10.1. The summed E-state index contributed by atoms with van der Waals surface area (Å²) in [5, 5.41) is 14.3. The van der Waals surface area contributed by atoms with Gasteiger partial charge in [-0.2, -0.15) is 0 Å². The highest BCUT2D eigenvalue weighted by Gasteiger charge is 2.17. The summed E-state index contributed by atoms with van der Waals surface area (Å²) < 4.78 is 12.7. The Balaban J connectivity index is 1.43. The molecule has 4 aromatic rings. The van der Waals surface area contributed by atoms with Crippen molar-refractivity contribution in [1.82, 2.24) is 9.88 Å². The van der Waals surface area contributed by atoms with Crippen LogP contribution in [0.15, 0.2) is 65.6 Å². The summed E-state index contributed by atoms with van der Waals surface area (Å²) in [5.41, 5.74) is 1.33. The van der Waals surface area contributed by atoms with E-state index in [1.165, 1.54) is 11.3 Å². The number of benzene rings is 2. The number of hydrogen-bond donors (Lipinski definition) is 2. The Hall–Kier alpha value is -3.17. The number of methoxy groups -OCH3 is 1. The Morgan fingerprint density at radius 1 is 1.20 bits per heavy atom. The van der Waals surface area contributed by atoms with E-state index < -0.39 is 12.0 Å². The first-order valence-corrected chi connectivity index (χ1v) is 12.1. The standard InChI is InChI=1S/C26H25ClN2O5S/c1-29-13-22(25(32)28-12-16-6-8-18(27)9-7-16)24(31)21-11-20(35-26(21)29)14-34-15-23(30)17-4-3-5-19(10-17)33-2/h3-11,13,23,30H,12,14-15H2,1-2H3,(H,28,32)/t23-/m1/s1. The number of thiophene rings is 1. The van der Waals surface area contributed by atoms with Gasteiger partial charge < -0.3 is 24.5 Å². The first kappa shape index (κ1) is 24.9. The van der Waals surface area contributed by atoms with Crippen LogP contribution in [0.3, 0.4) is 0 Å². The van der Waals surface area contributed by atoms with Crippen LogP contribution >= 0.6 is 22.9 Å². The monoisotopic (exact) mass is 512 g/mol. The second-order valence-corrected chi connectivity index (χ2v) is 9.58. The van der Waals surface area contributed by atoms with Crippen molar-refractivity contribution >= 4 is 39.1 Å². The lowest BCUT2D eigenvalue weighted by Gasteiger charge is -2.12. The Morgan fingerprint density at radius 2 is 1.97 bits per heavy atom. The third-order valence-corrected chi connectivity index (χ3v) is 6.96. The van der Waals surface area contributed by atoms with E-state index in [2.05, 4.69) is 5.32 Å². The van der Waals surface area contributed by atoms with E-state index in [0.717, 1.165) is 15.3 Å². The molecule has 0 saturated carbocycles. The van der Waals surface area contributed by atoms with E-state index in [4.69, 9.17) is 21.1 Å². The molecule has 0 unspecified atom stereocenters. The van der Waals surface area contributed by atoms with Gasteiger partial charge in [-0.1, -0.05) is 35.9 Å². The van der Waals surface area contributed by atoms with Gasteiger partial charge in [-0.3, -0.25) is 9.59 Å². The Labute approximate surface area is 211 Å². The fourth-order valence-electron chi connectivity index (χ4n) is 3.64. The summed E-state index contributed by atoms with van der Waals surface area (Å²) in [6.07, 6.45) is 0.747. The van der Waals surface area contributed by atoms with E-state index >= 15 is 0 Å². The molecular weight excluding hydrogens is 488 g/mol. The number of rotatable bonds is 9. The van der Waals surface area contributed by atoms with E-state index in [-0.39, 0.29) is 30.8 Å². The lowest BCUT2D eigenvalue weighted by Crippen LogP contribution is -2.29. The minimum atomic E-state index is -0.804. The number of aromatic nitrogens is 1. The molecule has 4 rings (SSSR count). The highest BCUT2D eigenvalue weighted by molar-refractivity contribution is 7.18. The number of nitrogens with one attached hydrogen (secondary N) is 1. The predicted octanol–water partition coefficient (Wildman–Crippen LogP) is 4.44. The molecule has 7 nitrogen and oxygen atoms in total. The molecule has 0 aliphatic rings. The topological polar surface area (TPSA) is 89.8 Å². The molecule has 9 heteroatoms. The summed E-state index contributed by atoms with van der Waals surface area (Å²) in [6, 6.07) is 16.1. The van der Waals surface area contributed by atoms with Crippen molar-refractivity contribution in [2.75, 3.05) is 13.7 Å². The molecule has 2 heterocycles. The van der Waals surface area contributed by atoms with Gasteiger partial charge in [0.15, 0.2) is 0 Å². The minimum Gasteiger partial charge on any atom is -0.497 e. The molecule has 0 aliphatic heterocycles. The number of carbonyl (C=O) groups is 1. The number of carbonyl (C=O) groups excluding carboxylic acids is 1. The molecule has 182 valence electrons. The largest absolute Gasteiger partial charge is 0.497 e. The van der Waals surface area contributed by atoms with Crippen molar-refractivity contribution in [2.45, 2.75) is 19.3 Å². The molecule has 0 fully saturated rings. The van der Waals surface area contributed by atoms with E-state index in [0.29, 0.717) is 21.7 Å². The SMILES string of the molecule is COc1cccc([C@H](O)COCc2cc3c(=O)c(C(=O)NCc4ccc(Cl)cc4)cn(C)c3s2)c1. The minimum absolute atomic E-state index is 0.0766. The van der Waals surface area contributed by atoms with Crippen LogP contribution in [0, 0.1) is 0 Å². The predicted molar refractivity (Wildman–Crippen MR) is 137 cm³/mol. The molecule has 1 amide bonds. The van der Waals surface area contributed by atoms with Gasteiger partial charge in [0.1, 0.15) is 22.2 Å². The van der Waals surface area contributed by atoms with Crippen molar-refractivity contribution in [3.63, 3.8) is 0 Å². The number of halogens is 1. The first-order chi connectivity index (χ1) is 16.9. The summed E-state index contributed by atoms with van der Waals surface area (Å²) >= 11 is 7.31. The number of aryl methyl sites for hydroxylation is 1. The molecule has 2 aromatic carbocycles. The highest BCUT2D eigenvalue weighted by Crippen LogP contribution is 2.25. The zero-order chi connectivity index (χ0) is 24.9. The smallest absolute Gasteiger partial charge is 0.257 e. The molecule has 0 spiro atoms. The first-order valence-electron chi connectivity index (χ1n) is 10.9. The zero-order valence-corrected chi connectivity index (χ0v) is 20.9. The van der Waals surface area contributed by atoms with Gasteiger partial charge in [-0.05, 0) is 41.5 Å². The van der Waals surface area contributed by atoms with E-state index in [9.17, 15) is 14.7 Å². The van der Waals surface area contributed by atoms with Gasteiger partial charge in [0, 0.05) is 29.7 Å². The number of amides is 1. The van der Waals surface area contributed by atoms with Gasteiger partial charge >= 0.3 is 0 Å². The molecule has 1 atom stereocenters. The lowest BCUT2D eigenvalue weighted by molar-refractivity contribution is 0.0286. The van der Waals surface area contributed by atoms with Crippen LogP contribution in [0.2, 0.25) is 5.02 Å². The number of nitrogens with zero attached hydrogens (tertiary/aromatic N) is 1. The Morgan fingerprint density at radius 3 is 2.71 bits per heavy atom. The number of aliphatic hydroxyl groups excluding tert-OH is 1. The molecule has 2 aromatic heterocycles. The summed E-state index contributed by atoms with van der Waals surface area (Å²) in [5.74, 6) is 0.224. The van der Waals surface area contributed by atoms with Gasteiger partial charge in [0.05, 0.1) is 25.7 Å². The summed E-state index contributed by atoms with van der Waals surface area (Å²) in [6.45, 7) is 0.615. The van der Waals surface area contributed by atoms with Gasteiger partial charge in [-0.15, -0.1) is 11.3 Å². The molecule has 35 heavy (non-hydrogen) atoms. The molecule has 2 N–H and O–H groups in total. The van der Waals surface area contributed by atoms with Gasteiger partial charge in [-0.25, -0.2) is 0 Å². The second kappa shape index (κ2) is 11.0. The third-order valence-electron chi connectivity index (χ3n) is 5.51. The number of fused-ring (bicyclic) bond motifs is 1. The van der Waals surface area contributed by atoms with E-state index in [1.807, 2.05) is 18.2 Å². The highest BCUT2D eigenvalue weighted by atomic mass is 35.5. The van der Waals surface area contributed by atoms with Crippen LogP contribution in [-0.4, -0.2) is 29.3 Å². The third kappa shape index (κ3) is 5.91. The summed E-state index contributed by atoms with van der Waals surface area (Å²) in [7, 11) is 3.37. The maximum absolute atomic E-state index is 13.0. The van der Waals surface area contributed by atoms with Crippen LogP contribution in [0.1, 0.15) is 32.5 Å². The normalized spacial score (nSPS) is 12.0. The van der Waals surface area contributed by atoms with E-state index in [1.54, 1.807) is 61.3 Å². The van der Waals surface area contributed by atoms with Crippen molar-refractivity contribution in [1.29, 1.82) is 0 Å². The number of aliphatic hydroxyl groups is 1. The maximum Gasteiger partial charge on any atom is 0.257 e. The zero-order valence-electron chi connectivity index (χ0n) is 19.3. The fraction of sp³-hybridized carbons (Fsp3) is 0.231. The van der Waals surface area contributed by atoms with Crippen molar-refractivity contribution in [3.05, 3.63) is 97.6 Å². The molecular formula is C26H25ClN2O5S. The van der Waals surface area contributed by atoms with Crippen molar-refractivity contribution < 1.29 is 19.4 Å². The number of pyridine rings is 1. The average Bonchev–Trinajstić information content (AvgIpc) is 3.31. The summed E-state index contributed by atoms with van der Waals surface area (Å²) in [4.78, 5) is 27.3. The van der Waals surface area contributed by atoms with Crippen LogP contribution in [0.4, 0.5) is 0 Å². The van der Waals surface area contributed by atoms with Crippen LogP contribution in [-0.2, 0) is 24.9 Å². The molecule has 0 aliphatic carbocycles. The molecule has 0 bridgehead atoms. The number of ether oxygens (including phenoxy) is 2. The molecule has 0 radical (unpaired) electrons. The molecule has 0 saturated heterocycles. The Bertz CT molecular complexity index is 1400. The van der Waals surface area contributed by atoms with Crippen LogP contribution in [0.25, 0.3) is 10.2 Å². The van der Waals surface area contributed by atoms with Gasteiger partial charge in [0.25, 0.3) is 5.91 Å². The van der Waals surface area contributed by atoms with Crippen LogP contribution < -0.4 is 15.5 Å².